The summed E-state index contributed by atoms with van der Waals surface area (Å²) in [4.78, 5) is 14.3. The van der Waals surface area contributed by atoms with Gasteiger partial charge < -0.3 is 10.1 Å². The number of H-pyrrole nitrogens is 1. The Hall–Kier alpha value is -2.03. The molecule has 3 aromatic rings. The van der Waals surface area contributed by atoms with Crippen molar-refractivity contribution in [2.45, 2.75) is 12.6 Å². The Morgan fingerprint density at radius 3 is 2.58 bits per heavy atom. The van der Waals surface area contributed by atoms with Gasteiger partial charge in [0.25, 0.3) is 0 Å². The standard InChI is InChI=1S/C17H11F3INO2/c18-17(19,20)10-3-1-2-9(6-10)16-13(8-15(23)24)12-7-11(21)4-5-14(12)22-16/h1-7,22H,8H2,(H,23,24). The number of carboxylic acid groups (broad SMARTS) is 1. The highest BCUT2D eigenvalue weighted by Crippen LogP contribution is 2.35. The van der Waals surface area contributed by atoms with E-state index in [1.54, 1.807) is 6.07 Å². The molecule has 0 unspecified atom stereocenters. The summed E-state index contributed by atoms with van der Waals surface area (Å²) < 4.78 is 39.8. The van der Waals surface area contributed by atoms with Crippen molar-refractivity contribution in [2.75, 3.05) is 0 Å². The Bertz CT molecular complexity index is 931. The van der Waals surface area contributed by atoms with Gasteiger partial charge in [-0.1, -0.05) is 12.1 Å². The van der Waals surface area contributed by atoms with Crippen molar-refractivity contribution in [1.29, 1.82) is 0 Å². The van der Waals surface area contributed by atoms with Crippen LogP contribution in [-0.2, 0) is 17.4 Å². The normalized spacial score (nSPS) is 11.8. The molecule has 0 aliphatic carbocycles. The van der Waals surface area contributed by atoms with Crippen LogP contribution in [0.5, 0.6) is 0 Å². The second-order valence-corrected chi connectivity index (χ2v) is 6.56. The summed E-state index contributed by atoms with van der Waals surface area (Å²) in [7, 11) is 0. The fraction of sp³-hybridized carbons (Fsp3) is 0.118. The second-order valence-electron chi connectivity index (χ2n) is 5.32. The predicted octanol–water partition coefficient (Wildman–Crippen LogP) is 5.09. The van der Waals surface area contributed by atoms with E-state index < -0.39 is 17.7 Å². The molecule has 2 aromatic carbocycles. The lowest BCUT2D eigenvalue weighted by Crippen LogP contribution is -2.05. The minimum atomic E-state index is -4.45. The van der Waals surface area contributed by atoms with Crippen LogP contribution in [0.2, 0.25) is 0 Å². The maximum Gasteiger partial charge on any atom is 0.416 e. The molecule has 0 amide bonds. The molecule has 0 saturated heterocycles. The smallest absolute Gasteiger partial charge is 0.416 e. The van der Waals surface area contributed by atoms with E-state index in [9.17, 15) is 23.1 Å². The summed E-state index contributed by atoms with van der Waals surface area (Å²) in [6.07, 6.45) is -4.73. The van der Waals surface area contributed by atoms with Gasteiger partial charge in [0, 0.05) is 14.5 Å². The minimum absolute atomic E-state index is 0.272. The average Bonchev–Trinajstić information content (AvgIpc) is 2.84. The van der Waals surface area contributed by atoms with Crippen molar-refractivity contribution < 1.29 is 23.1 Å². The van der Waals surface area contributed by atoms with Crippen LogP contribution in [0.4, 0.5) is 13.2 Å². The monoisotopic (exact) mass is 445 g/mol. The van der Waals surface area contributed by atoms with Crippen molar-refractivity contribution >= 4 is 39.5 Å². The van der Waals surface area contributed by atoms with Crippen LogP contribution in [-0.4, -0.2) is 16.1 Å². The number of hydrogen-bond acceptors (Lipinski definition) is 1. The van der Waals surface area contributed by atoms with Crippen LogP contribution < -0.4 is 0 Å². The number of aromatic nitrogens is 1. The summed E-state index contributed by atoms with van der Waals surface area (Å²) in [6.45, 7) is 0. The molecule has 0 radical (unpaired) electrons. The number of rotatable bonds is 3. The van der Waals surface area contributed by atoms with E-state index in [0.29, 0.717) is 27.7 Å². The Balaban J connectivity index is 2.24. The number of halogens is 4. The number of carbonyl (C=O) groups is 1. The maximum absolute atomic E-state index is 12.9. The van der Waals surface area contributed by atoms with Gasteiger partial charge in [-0.25, -0.2) is 0 Å². The Morgan fingerprint density at radius 2 is 1.92 bits per heavy atom. The molecule has 0 aliphatic rings. The van der Waals surface area contributed by atoms with Crippen molar-refractivity contribution in [3.8, 4) is 11.3 Å². The third kappa shape index (κ3) is 3.26. The molecule has 0 spiro atoms. The molecular formula is C17H11F3INO2. The highest BCUT2D eigenvalue weighted by atomic mass is 127. The lowest BCUT2D eigenvalue weighted by atomic mass is 10.0. The molecule has 1 heterocycles. The van der Waals surface area contributed by atoms with E-state index in [-0.39, 0.29) is 6.42 Å². The number of hydrogen-bond donors (Lipinski definition) is 2. The highest BCUT2D eigenvalue weighted by molar-refractivity contribution is 14.1. The van der Waals surface area contributed by atoms with Gasteiger partial charge in [-0.3, -0.25) is 4.79 Å². The fourth-order valence-corrected chi connectivity index (χ4v) is 3.14. The first kappa shape index (κ1) is 16.8. The van der Waals surface area contributed by atoms with Crippen LogP contribution in [0.1, 0.15) is 11.1 Å². The van der Waals surface area contributed by atoms with E-state index in [0.717, 1.165) is 15.7 Å². The molecule has 0 bridgehead atoms. The quantitative estimate of drug-likeness (QED) is 0.553. The Morgan fingerprint density at radius 1 is 1.17 bits per heavy atom. The number of aliphatic carboxylic acids is 1. The molecule has 7 heteroatoms. The lowest BCUT2D eigenvalue weighted by Gasteiger charge is -2.09. The first-order chi connectivity index (χ1) is 11.3. The number of fused-ring (bicyclic) bond motifs is 1. The summed E-state index contributed by atoms with van der Waals surface area (Å²) in [5.41, 5.74) is 1.12. The molecule has 3 nitrogen and oxygen atoms in total. The van der Waals surface area contributed by atoms with E-state index in [1.807, 2.05) is 12.1 Å². The lowest BCUT2D eigenvalue weighted by molar-refractivity contribution is -0.138. The van der Waals surface area contributed by atoms with E-state index in [2.05, 4.69) is 27.6 Å². The Kier molecular flexibility index (Phi) is 4.29. The molecule has 24 heavy (non-hydrogen) atoms. The van der Waals surface area contributed by atoms with Gasteiger partial charge in [-0.15, -0.1) is 0 Å². The molecule has 0 saturated carbocycles. The minimum Gasteiger partial charge on any atom is -0.481 e. The number of aromatic amines is 1. The van der Waals surface area contributed by atoms with Crippen LogP contribution in [0.15, 0.2) is 42.5 Å². The predicted molar refractivity (Wildman–Crippen MR) is 92.8 cm³/mol. The van der Waals surface area contributed by atoms with Gasteiger partial charge in [0.1, 0.15) is 0 Å². The highest BCUT2D eigenvalue weighted by Gasteiger charge is 2.30. The van der Waals surface area contributed by atoms with E-state index in [1.165, 1.54) is 12.1 Å². The third-order valence-electron chi connectivity index (χ3n) is 3.67. The summed E-state index contributed by atoms with van der Waals surface area (Å²) >= 11 is 2.11. The zero-order valence-electron chi connectivity index (χ0n) is 12.1. The summed E-state index contributed by atoms with van der Waals surface area (Å²) in [5.74, 6) is -1.04. The molecule has 0 fully saturated rings. The van der Waals surface area contributed by atoms with Crippen molar-refractivity contribution in [2.24, 2.45) is 0 Å². The van der Waals surface area contributed by atoms with Gasteiger partial charge in [-0.2, -0.15) is 13.2 Å². The first-order valence-corrected chi connectivity index (χ1v) is 8.03. The van der Waals surface area contributed by atoms with Gasteiger partial charge in [0.05, 0.1) is 17.7 Å². The number of carboxylic acids is 1. The zero-order chi connectivity index (χ0) is 17.5. The number of benzene rings is 2. The van der Waals surface area contributed by atoms with E-state index in [4.69, 9.17) is 0 Å². The molecule has 2 N–H and O–H groups in total. The SMILES string of the molecule is O=C(O)Cc1c(-c2cccc(C(F)(F)F)c2)[nH]c2ccc(I)cc12. The van der Waals surface area contributed by atoms with Gasteiger partial charge in [-0.05, 0) is 64.0 Å². The van der Waals surface area contributed by atoms with Gasteiger partial charge in [0.2, 0.25) is 0 Å². The number of alkyl halides is 3. The molecule has 3 rings (SSSR count). The van der Waals surface area contributed by atoms with Crippen molar-refractivity contribution in [3.63, 3.8) is 0 Å². The molecular weight excluding hydrogens is 434 g/mol. The summed E-state index contributed by atoms with van der Waals surface area (Å²) in [5, 5.41) is 9.88. The van der Waals surface area contributed by atoms with Gasteiger partial charge in [0.15, 0.2) is 0 Å². The number of nitrogens with one attached hydrogen (secondary N) is 1. The molecule has 0 aliphatic heterocycles. The van der Waals surface area contributed by atoms with Crippen LogP contribution >= 0.6 is 22.6 Å². The van der Waals surface area contributed by atoms with Gasteiger partial charge >= 0.3 is 12.1 Å². The molecule has 1 aromatic heterocycles. The second kappa shape index (κ2) is 6.12. The van der Waals surface area contributed by atoms with Crippen molar-refractivity contribution in [1.82, 2.24) is 4.98 Å². The first-order valence-electron chi connectivity index (χ1n) is 6.95. The van der Waals surface area contributed by atoms with Crippen LogP contribution in [0.25, 0.3) is 22.2 Å². The maximum atomic E-state index is 12.9. The largest absolute Gasteiger partial charge is 0.481 e. The average molecular weight is 445 g/mol. The van der Waals surface area contributed by atoms with Crippen molar-refractivity contribution in [3.05, 3.63) is 57.2 Å². The van der Waals surface area contributed by atoms with E-state index >= 15 is 0 Å². The third-order valence-corrected chi connectivity index (χ3v) is 4.35. The topological polar surface area (TPSA) is 53.1 Å². The molecule has 124 valence electrons. The van der Waals surface area contributed by atoms with Crippen LogP contribution in [0.3, 0.4) is 0 Å². The molecule has 0 atom stereocenters. The Labute approximate surface area is 148 Å². The summed E-state index contributed by atoms with van der Waals surface area (Å²) in [6, 6.07) is 10.3. The fourth-order valence-electron chi connectivity index (χ4n) is 2.65. The zero-order valence-corrected chi connectivity index (χ0v) is 14.3. The van der Waals surface area contributed by atoms with Crippen LogP contribution in [0, 0.1) is 3.57 Å².